The van der Waals surface area contributed by atoms with Crippen molar-refractivity contribution in [2.75, 3.05) is 18.5 Å². The van der Waals surface area contributed by atoms with Crippen LogP contribution in [0.4, 0.5) is 23.2 Å². The van der Waals surface area contributed by atoms with E-state index in [1.807, 2.05) is 0 Å². The highest BCUT2D eigenvalue weighted by Crippen LogP contribution is 2.38. The molecule has 0 saturated heterocycles. The van der Waals surface area contributed by atoms with E-state index in [1.54, 1.807) is 0 Å². The van der Waals surface area contributed by atoms with E-state index in [0.717, 1.165) is 0 Å². The summed E-state index contributed by atoms with van der Waals surface area (Å²) in [6.07, 6.45) is 0.646. The number of ether oxygens (including phenoxy) is 2. The van der Waals surface area contributed by atoms with Crippen LogP contribution in [0.2, 0.25) is 5.02 Å². The summed E-state index contributed by atoms with van der Waals surface area (Å²) < 4.78 is 64.0. The molecule has 3 rings (SSSR count). The lowest BCUT2D eigenvalue weighted by Gasteiger charge is -2.13. The number of fused-ring (bicyclic) bond motifs is 1. The van der Waals surface area contributed by atoms with Gasteiger partial charge < -0.3 is 14.8 Å². The minimum atomic E-state index is -2.07. The van der Waals surface area contributed by atoms with Gasteiger partial charge in [-0.05, 0) is 6.07 Å². The van der Waals surface area contributed by atoms with Gasteiger partial charge in [0.05, 0.1) is 29.5 Å². The van der Waals surface area contributed by atoms with Crippen LogP contribution in [0.15, 0.2) is 18.2 Å². The minimum absolute atomic E-state index is 0.0143. The van der Waals surface area contributed by atoms with Crippen LogP contribution in [-0.4, -0.2) is 19.1 Å². The molecule has 0 fully saturated rings. The fraction of sp³-hybridized carbons (Fsp3) is 0.188. The number of benzene rings is 2. The van der Waals surface area contributed by atoms with Crippen molar-refractivity contribution in [2.24, 2.45) is 0 Å². The summed E-state index contributed by atoms with van der Waals surface area (Å²) in [7, 11) is 0. The number of amides is 1. The Kier molecular flexibility index (Phi) is 4.71. The number of carbonyl (C=O) groups excluding carboxylic acids is 1. The molecular formula is C16H10ClF4NO3. The Balaban J connectivity index is 1.93. The summed E-state index contributed by atoms with van der Waals surface area (Å²) in [5.41, 5.74) is -0.986. The van der Waals surface area contributed by atoms with Crippen LogP contribution in [0, 0.1) is 23.3 Å². The highest BCUT2D eigenvalue weighted by atomic mass is 35.5. The summed E-state index contributed by atoms with van der Waals surface area (Å²) in [6, 6.07) is 3.00. The first-order chi connectivity index (χ1) is 11.9. The second-order valence-corrected chi connectivity index (χ2v) is 5.54. The van der Waals surface area contributed by atoms with E-state index in [9.17, 15) is 22.4 Å². The number of hydrogen-bond donors (Lipinski definition) is 1. The largest absolute Gasteiger partial charge is 0.490 e. The molecule has 0 saturated carbocycles. The van der Waals surface area contributed by atoms with Crippen LogP contribution in [0.3, 0.4) is 0 Å². The predicted molar refractivity (Wildman–Crippen MR) is 81.3 cm³/mol. The van der Waals surface area contributed by atoms with Crippen LogP contribution in [-0.2, 0) is 0 Å². The zero-order chi connectivity index (χ0) is 18.1. The van der Waals surface area contributed by atoms with Gasteiger partial charge >= 0.3 is 0 Å². The molecule has 9 heteroatoms. The topological polar surface area (TPSA) is 47.6 Å². The first-order valence-corrected chi connectivity index (χ1v) is 7.49. The number of nitrogens with one attached hydrogen (secondary N) is 1. The van der Waals surface area contributed by atoms with Gasteiger partial charge in [-0.2, -0.15) is 0 Å². The van der Waals surface area contributed by atoms with Gasteiger partial charge in [0.2, 0.25) is 0 Å². The Morgan fingerprint density at radius 3 is 2.28 bits per heavy atom. The Labute approximate surface area is 144 Å². The second-order valence-electron chi connectivity index (χ2n) is 5.13. The van der Waals surface area contributed by atoms with Crippen molar-refractivity contribution in [3.63, 3.8) is 0 Å². The molecule has 0 aliphatic carbocycles. The zero-order valence-electron chi connectivity index (χ0n) is 12.5. The maximum Gasteiger partial charge on any atom is 0.258 e. The number of rotatable bonds is 2. The molecule has 0 radical (unpaired) electrons. The Hall–Kier alpha value is -2.48. The van der Waals surface area contributed by atoms with Crippen LogP contribution in [0.1, 0.15) is 16.8 Å². The zero-order valence-corrected chi connectivity index (χ0v) is 13.2. The molecule has 2 aromatic carbocycles. The van der Waals surface area contributed by atoms with E-state index >= 15 is 0 Å². The molecule has 0 atom stereocenters. The molecule has 1 aliphatic rings. The van der Waals surface area contributed by atoms with E-state index < -0.39 is 34.7 Å². The van der Waals surface area contributed by atoms with E-state index in [0.29, 0.717) is 31.1 Å². The molecule has 2 aromatic rings. The summed E-state index contributed by atoms with van der Waals surface area (Å²) in [4.78, 5) is 12.1. The Morgan fingerprint density at radius 2 is 1.60 bits per heavy atom. The number of carbonyl (C=O) groups is 1. The standard InChI is InChI=1S/C16H10ClF4NO3/c17-8-5-11-12(25-3-1-2-24-11)6-10(8)22-16(23)7-4-9(18)14(20)15(21)13(7)19/h4-6H,1-3H2,(H,22,23). The average molecular weight is 376 g/mol. The lowest BCUT2D eigenvalue weighted by Crippen LogP contribution is -2.16. The van der Waals surface area contributed by atoms with Gasteiger partial charge in [0.15, 0.2) is 34.8 Å². The molecule has 1 amide bonds. The molecule has 1 N–H and O–H groups in total. The normalized spacial score (nSPS) is 13.3. The Bertz CT molecular complexity index is 860. The van der Waals surface area contributed by atoms with Crippen LogP contribution in [0.5, 0.6) is 11.5 Å². The van der Waals surface area contributed by atoms with Crippen molar-refractivity contribution >= 4 is 23.2 Å². The number of halogens is 5. The summed E-state index contributed by atoms with van der Waals surface area (Å²) >= 11 is 6.02. The molecule has 4 nitrogen and oxygen atoms in total. The van der Waals surface area contributed by atoms with Gasteiger partial charge in [0.25, 0.3) is 5.91 Å². The van der Waals surface area contributed by atoms with Gasteiger partial charge in [-0.3, -0.25) is 4.79 Å². The second kappa shape index (κ2) is 6.79. The third kappa shape index (κ3) is 3.34. The molecule has 0 bridgehead atoms. The van der Waals surface area contributed by atoms with E-state index in [-0.39, 0.29) is 16.8 Å². The minimum Gasteiger partial charge on any atom is -0.490 e. The smallest absolute Gasteiger partial charge is 0.258 e. The molecule has 0 spiro atoms. The predicted octanol–water partition coefficient (Wildman–Crippen LogP) is 4.31. The fourth-order valence-corrected chi connectivity index (χ4v) is 2.41. The van der Waals surface area contributed by atoms with Gasteiger partial charge in [0.1, 0.15) is 0 Å². The van der Waals surface area contributed by atoms with Crippen LogP contribution < -0.4 is 14.8 Å². The van der Waals surface area contributed by atoms with E-state index in [4.69, 9.17) is 21.1 Å². The van der Waals surface area contributed by atoms with Crippen molar-refractivity contribution < 1.29 is 31.8 Å². The van der Waals surface area contributed by atoms with Crippen molar-refractivity contribution in [1.82, 2.24) is 0 Å². The maximum atomic E-state index is 13.7. The molecule has 25 heavy (non-hydrogen) atoms. The third-order valence-corrected chi connectivity index (χ3v) is 3.75. The molecule has 0 unspecified atom stereocenters. The molecule has 132 valence electrons. The summed E-state index contributed by atoms with van der Waals surface area (Å²) in [5, 5.41) is 2.25. The SMILES string of the molecule is O=C(Nc1cc2c(cc1Cl)OCCCO2)c1cc(F)c(F)c(F)c1F. The summed E-state index contributed by atoms with van der Waals surface area (Å²) in [6.45, 7) is 0.805. The van der Waals surface area contributed by atoms with Crippen molar-refractivity contribution in [3.05, 3.63) is 52.1 Å². The highest BCUT2D eigenvalue weighted by Gasteiger charge is 2.24. The molecular weight excluding hydrogens is 366 g/mol. The lowest BCUT2D eigenvalue weighted by molar-refractivity contribution is 0.102. The van der Waals surface area contributed by atoms with Crippen molar-refractivity contribution in [3.8, 4) is 11.5 Å². The van der Waals surface area contributed by atoms with Crippen LogP contribution in [0.25, 0.3) is 0 Å². The van der Waals surface area contributed by atoms with Crippen molar-refractivity contribution in [2.45, 2.75) is 6.42 Å². The van der Waals surface area contributed by atoms with Gasteiger partial charge in [0, 0.05) is 18.6 Å². The van der Waals surface area contributed by atoms with E-state index in [1.165, 1.54) is 12.1 Å². The first kappa shape index (κ1) is 17.3. The Morgan fingerprint density at radius 1 is 0.960 bits per heavy atom. The summed E-state index contributed by atoms with van der Waals surface area (Å²) in [5.74, 6) is -8.10. The van der Waals surface area contributed by atoms with E-state index in [2.05, 4.69) is 5.32 Å². The fourth-order valence-electron chi connectivity index (χ4n) is 2.21. The number of hydrogen-bond acceptors (Lipinski definition) is 3. The molecule has 0 aromatic heterocycles. The quantitative estimate of drug-likeness (QED) is 0.483. The highest BCUT2D eigenvalue weighted by molar-refractivity contribution is 6.34. The monoisotopic (exact) mass is 375 g/mol. The molecule has 1 aliphatic heterocycles. The van der Waals surface area contributed by atoms with Gasteiger partial charge in [-0.1, -0.05) is 11.6 Å². The molecule has 1 heterocycles. The lowest BCUT2D eigenvalue weighted by atomic mass is 10.1. The maximum absolute atomic E-state index is 13.7. The van der Waals surface area contributed by atoms with Crippen molar-refractivity contribution in [1.29, 1.82) is 0 Å². The third-order valence-electron chi connectivity index (χ3n) is 3.43. The average Bonchev–Trinajstić information content (AvgIpc) is 2.81. The number of anilines is 1. The van der Waals surface area contributed by atoms with Gasteiger partial charge in [-0.15, -0.1) is 0 Å². The van der Waals surface area contributed by atoms with Crippen LogP contribution >= 0.6 is 11.6 Å². The van der Waals surface area contributed by atoms with Gasteiger partial charge in [-0.25, -0.2) is 17.6 Å². The first-order valence-electron chi connectivity index (χ1n) is 7.12.